The van der Waals surface area contributed by atoms with Crippen LogP contribution in [0.25, 0.3) is 22.1 Å². The Morgan fingerprint density at radius 3 is 2.91 bits per heavy atom. The molecule has 32 heavy (non-hydrogen) atoms. The van der Waals surface area contributed by atoms with E-state index >= 15 is 0 Å². The predicted molar refractivity (Wildman–Crippen MR) is 123 cm³/mol. The van der Waals surface area contributed by atoms with Gasteiger partial charge in [0, 0.05) is 23.9 Å². The summed E-state index contributed by atoms with van der Waals surface area (Å²) >= 11 is 0. The van der Waals surface area contributed by atoms with Crippen molar-refractivity contribution in [1.82, 2.24) is 14.9 Å². The van der Waals surface area contributed by atoms with Gasteiger partial charge in [0.15, 0.2) is 0 Å². The van der Waals surface area contributed by atoms with E-state index in [1.54, 1.807) is 13.2 Å². The van der Waals surface area contributed by atoms with E-state index in [1.807, 2.05) is 24.3 Å². The van der Waals surface area contributed by atoms with Gasteiger partial charge in [0.25, 0.3) is 5.56 Å². The number of H-pyrrole nitrogens is 1. The average molecular weight is 431 g/mol. The molecule has 1 aliphatic heterocycles. The van der Waals surface area contributed by atoms with Crippen LogP contribution in [0, 0.1) is 5.92 Å². The number of methoxy groups -OCH3 is 1. The molecule has 0 radical (unpaired) electrons. The van der Waals surface area contributed by atoms with Gasteiger partial charge >= 0.3 is 5.69 Å². The Bertz CT molecular complexity index is 1450. The zero-order chi connectivity index (χ0) is 21.8. The molecule has 2 N–H and O–H groups in total. The number of aromatic nitrogens is 2. The van der Waals surface area contributed by atoms with Crippen LogP contribution in [0.15, 0.2) is 56.5 Å². The van der Waals surface area contributed by atoms with Crippen LogP contribution in [0.5, 0.6) is 5.75 Å². The Labute approximate surface area is 184 Å². The van der Waals surface area contributed by atoms with Crippen molar-refractivity contribution < 1.29 is 9.15 Å². The molecular weight excluding hydrogens is 406 g/mol. The second kappa shape index (κ2) is 7.38. The first-order valence-electron chi connectivity index (χ1n) is 11.2. The Morgan fingerprint density at radius 2 is 2.03 bits per heavy atom. The lowest BCUT2D eigenvalue weighted by Crippen LogP contribution is -2.37. The second-order valence-electron chi connectivity index (χ2n) is 8.85. The Hall–Kier alpha value is -3.32. The number of ether oxygens (including phenoxy) is 1. The molecule has 1 saturated heterocycles. The van der Waals surface area contributed by atoms with Crippen molar-refractivity contribution in [3.63, 3.8) is 0 Å². The van der Waals surface area contributed by atoms with Crippen LogP contribution in [0.2, 0.25) is 0 Å². The first-order valence-corrected chi connectivity index (χ1v) is 11.2. The fourth-order valence-corrected chi connectivity index (χ4v) is 5.78. The van der Waals surface area contributed by atoms with E-state index in [0.717, 1.165) is 30.5 Å². The molecule has 7 nitrogen and oxygen atoms in total. The van der Waals surface area contributed by atoms with Crippen molar-refractivity contribution in [2.24, 2.45) is 5.92 Å². The number of hydrogen-bond acceptors (Lipinski definition) is 5. The minimum Gasteiger partial charge on any atom is -0.496 e. The summed E-state index contributed by atoms with van der Waals surface area (Å²) < 4.78 is 12.6. The molecule has 0 amide bonds. The van der Waals surface area contributed by atoms with Crippen LogP contribution in [0.4, 0.5) is 0 Å². The van der Waals surface area contributed by atoms with Crippen molar-refractivity contribution in [2.45, 2.75) is 37.8 Å². The number of nitrogens with zero attached hydrogens (tertiary/aromatic N) is 1. The Kier molecular flexibility index (Phi) is 4.47. The third kappa shape index (κ3) is 2.84. The quantitative estimate of drug-likeness (QED) is 0.518. The monoisotopic (exact) mass is 431 g/mol. The van der Waals surface area contributed by atoms with Crippen molar-refractivity contribution in [2.75, 3.05) is 13.7 Å². The van der Waals surface area contributed by atoms with E-state index in [4.69, 9.17) is 9.15 Å². The third-order valence-electron chi connectivity index (χ3n) is 7.27. The highest BCUT2D eigenvalue weighted by molar-refractivity contribution is 6.01. The maximum Gasteiger partial charge on any atom is 0.329 e. The number of furan rings is 1. The first kappa shape index (κ1) is 19.4. The van der Waals surface area contributed by atoms with E-state index in [1.165, 1.54) is 15.7 Å². The molecule has 0 bridgehead atoms. The molecule has 6 rings (SSSR count). The second-order valence-corrected chi connectivity index (χ2v) is 8.85. The van der Waals surface area contributed by atoms with Crippen LogP contribution in [0.1, 0.15) is 29.9 Å². The summed E-state index contributed by atoms with van der Waals surface area (Å²) in [6.45, 7) is 1.29. The van der Waals surface area contributed by atoms with Crippen LogP contribution in [-0.4, -0.2) is 29.2 Å². The van der Waals surface area contributed by atoms with Gasteiger partial charge in [-0.3, -0.25) is 9.36 Å². The number of nitrogens with one attached hydrogen (secondary N) is 2. The fraction of sp³-hybridized carbons (Fsp3) is 0.360. The van der Waals surface area contributed by atoms with Gasteiger partial charge in [-0.1, -0.05) is 24.3 Å². The minimum atomic E-state index is -0.394. The molecule has 3 atom stereocenters. The standard InChI is InChI=1S/C25H25N3O4/c1-31-19-8-4-6-16-15(19)10-9-14-13-26-18(21(14)16)11-12-28-24(29)23-22(27-25(28)30)17-5-2-3-7-20(17)32-23/h2-8,14,18,21,26H,9-13H2,1H3,(H,27,30)/t14-,18?,21-/m1/s1. The summed E-state index contributed by atoms with van der Waals surface area (Å²) in [5.41, 5.74) is 3.14. The molecule has 4 aromatic rings. The molecule has 7 heteroatoms. The summed E-state index contributed by atoms with van der Waals surface area (Å²) in [4.78, 5) is 28.8. The Morgan fingerprint density at radius 1 is 1.16 bits per heavy atom. The molecule has 164 valence electrons. The number of benzene rings is 2. The fourth-order valence-electron chi connectivity index (χ4n) is 5.78. The number of rotatable bonds is 4. The summed E-state index contributed by atoms with van der Waals surface area (Å²) in [5, 5.41) is 4.40. The summed E-state index contributed by atoms with van der Waals surface area (Å²) in [7, 11) is 1.72. The van der Waals surface area contributed by atoms with E-state index in [2.05, 4.69) is 22.4 Å². The van der Waals surface area contributed by atoms with Gasteiger partial charge in [-0.05, 0) is 61.1 Å². The van der Waals surface area contributed by atoms with Crippen LogP contribution in [0.3, 0.4) is 0 Å². The molecule has 3 heterocycles. The molecule has 0 spiro atoms. The SMILES string of the molecule is COc1cccc2c1CC[C@@H]1CNC(CCn3c(=O)[nH]c4c(oc5ccccc54)c3=O)[C@@H]21. The molecular formula is C25H25N3O4. The zero-order valence-electron chi connectivity index (χ0n) is 17.9. The van der Waals surface area contributed by atoms with Crippen molar-refractivity contribution in [3.05, 3.63) is 74.4 Å². The number of aromatic amines is 1. The van der Waals surface area contributed by atoms with E-state index < -0.39 is 5.69 Å². The molecule has 0 saturated carbocycles. The lowest BCUT2D eigenvalue weighted by atomic mass is 9.73. The van der Waals surface area contributed by atoms with E-state index in [9.17, 15) is 9.59 Å². The smallest absolute Gasteiger partial charge is 0.329 e. The summed E-state index contributed by atoms with van der Waals surface area (Å²) in [5.74, 6) is 1.88. The summed E-state index contributed by atoms with van der Waals surface area (Å²) in [6, 6.07) is 13.8. The van der Waals surface area contributed by atoms with Gasteiger partial charge in [0.1, 0.15) is 16.8 Å². The predicted octanol–water partition coefficient (Wildman–Crippen LogP) is 3.15. The lowest BCUT2D eigenvalue weighted by Gasteiger charge is -2.32. The van der Waals surface area contributed by atoms with Gasteiger partial charge in [0.2, 0.25) is 5.58 Å². The number of hydrogen-bond donors (Lipinski definition) is 2. The zero-order valence-corrected chi connectivity index (χ0v) is 17.9. The highest BCUT2D eigenvalue weighted by Crippen LogP contribution is 2.45. The Balaban J connectivity index is 1.33. The van der Waals surface area contributed by atoms with Crippen molar-refractivity contribution in [1.29, 1.82) is 0 Å². The highest BCUT2D eigenvalue weighted by Gasteiger charge is 2.40. The largest absolute Gasteiger partial charge is 0.496 e. The molecule has 1 aliphatic carbocycles. The van der Waals surface area contributed by atoms with E-state index in [-0.39, 0.29) is 17.2 Å². The normalized spacial score (nSPS) is 22.2. The third-order valence-corrected chi connectivity index (χ3v) is 7.27. The minimum absolute atomic E-state index is 0.198. The van der Waals surface area contributed by atoms with Gasteiger partial charge in [-0.15, -0.1) is 0 Å². The average Bonchev–Trinajstić information content (AvgIpc) is 3.40. The van der Waals surface area contributed by atoms with Crippen LogP contribution < -0.4 is 21.3 Å². The van der Waals surface area contributed by atoms with Crippen molar-refractivity contribution >= 4 is 22.1 Å². The highest BCUT2D eigenvalue weighted by atomic mass is 16.5. The van der Waals surface area contributed by atoms with Gasteiger partial charge in [-0.2, -0.15) is 0 Å². The summed E-state index contributed by atoms with van der Waals surface area (Å²) in [6.07, 6.45) is 2.83. The lowest BCUT2D eigenvalue weighted by molar-refractivity contribution is 0.370. The van der Waals surface area contributed by atoms with Crippen molar-refractivity contribution in [3.8, 4) is 5.75 Å². The topological polar surface area (TPSA) is 89.3 Å². The molecule has 2 aromatic heterocycles. The number of fused-ring (bicyclic) bond motifs is 6. The number of para-hydroxylation sites is 1. The van der Waals surface area contributed by atoms with Gasteiger partial charge in [-0.25, -0.2) is 4.79 Å². The molecule has 1 fully saturated rings. The van der Waals surface area contributed by atoms with Crippen LogP contribution >= 0.6 is 0 Å². The van der Waals surface area contributed by atoms with Crippen LogP contribution in [-0.2, 0) is 13.0 Å². The first-order chi connectivity index (χ1) is 15.7. The molecule has 1 unspecified atom stereocenters. The molecule has 2 aromatic carbocycles. The maximum absolute atomic E-state index is 13.1. The van der Waals surface area contributed by atoms with Gasteiger partial charge in [0.05, 0.1) is 7.11 Å². The maximum atomic E-state index is 13.1. The van der Waals surface area contributed by atoms with Gasteiger partial charge < -0.3 is 19.5 Å². The van der Waals surface area contributed by atoms with E-state index in [0.29, 0.717) is 35.9 Å². The molecule has 2 aliphatic rings.